The summed E-state index contributed by atoms with van der Waals surface area (Å²) < 4.78 is 11.4. The van der Waals surface area contributed by atoms with Crippen molar-refractivity contribution in [3.8, 4) is 0 Å². The van der Waals surface area contributed by atoms with Crippen LogP contribution >= 0.6 is 23.4 Å². The van der Waals surface area contributed by atoms with Crippen LogP contribution in [0.25, 0.3) is 10.2 Å². The van der Waals surface area contributed by atoms with Gasteiger partial charge in [-0.25, -0.2) is 4.98 Å². The Kier molecular flexibility index (Phi) is 8.58. The van der Waals surface area contributed by atoms with Gasteiger partial charge in [0.15, 0.2) is 4.34 Å². The molecule has 0 atom stereocenters. The van der Waals surface area contributed by atoms with Crippen LogP contribution in [-0.4, -0.2) is 61.3 Å². The van der Waals surface area contributed by atoms with Gasteiger partial charge in [0.1, 0.15) is 12.0 Å². The molecule has 0 fully saturated rings. The van der Waals surface area contributed by atoms with Gasteiger partial charge in [0.25, 0.3) is 0 Å². The van der Waals surface area contributed by atoms with Crippen molar-refractivity contribution in [2.45, 2.75) is 24.1 Å². The van der Waals surface area contributed by atoms with Crippen LogP contribution in [0.1, 0.15) is 19.8 Å². The predicted molar refractivity (Wildman–Crippen MR) is 83.2 cm³/mol. The molecule has 2 radical (unpaired) electrons. The SMILES string of the molecule is CCOC(=O)CCC(=O)OSc1nc2ccccc2s1.[Ca]. The molecular weight excluding hydrogens is 338 g/mol. The van der Waals surface area contributed by atoms with Crippen LogP contribution < -0.4 is 0 Å². The molecule has 2 rings (SSSR count). The van der Waals surface area contributed by atoms with E-state index in [0.717, 1.165) is 22.3 Å². The first kappa shape index (κ1) is 18.7. The fourth-order valence-corrected chi connectivity index (χ4v) is 3.04. The van der Waals surface area contributed by atoms with E-state index in [-0.39, 0.29) is 50.6 Å². The molecule has 2 aromatic rings. The number of aromatic nitrogens is 1. The van der Waals surface area contributed by atoms with Crippen molar-refractivity contribution in [3.63, 3.8) is 0 Å². The van der Waals surface area contributed by atoms with Gasteiger partial charge >= 0.3 is 11.9 Å². The second-order valence-corrected chi connectivity index (χ2v) is 5.80. The molecule has 0 saturated heterocycles. The predicted octanol–water partition coefficient (Wildman–Crippen LogP) is 2.81. The normalized spacial score (nSPS) is 9.95. The Bertz CT molecular complexity index is 584. The van der Waals surface area contributed by atoms with Gasteiger partial charge in [-0.3, -0.25) is 9.59 Å². The monoisotopic (exact) mass is 351 g/mol. The molecule has 1 heterocycles. The fraction of sp³-hybridized carbons (Fsp3) is 0.308. The molecule has 0 N–H and O–H groups in total. The molecule has 0 spiro atoms. The summed E-state index contributed by atoms with van der Waals surface area (Å²) in [6.45, 7) is 2.04. The van der Waals surface area contributed by atoms with E-state index in [0.29, 0.717) is 10.9 Å². The largest absolute Gasteiger partial charge is 0.466 e. The number of nitrogens with zero attached hydrogens (tertiary/aromatic N) is 1. The Morgan fingerprint density at radius 3 is 2.67 bits per heavy atom. The van der Waals surface area contributed by atoms with E-state index in [1.54, 1.807) is 6.92 Å². The minimum atomic E-state index is -0.456. The van der Waals surface area contributed by atoms with Gasteiger partial charge in [-0.2, -0.15) is 0 Å². The molecule has 0 unspecified atom stereocenters. The molecule has 0 aliphatic heterocycles. The number of carbonyl (C=O) groups is 2. The maximum atomic E-state index is 11.5. The summed E-state index contributed by atoms with van der Waals surface area (Å²) in [4.78, 5) is 26.9. The van der Waals surface area contributed by atoms with Crippen LogP contribution in [0.15, 0.2) is 28.6 Å². The summed E-state index contributed by atoms with van der Waals surface area (Å²) >= 11 is 2.38. The Morgan fingerprint density at radius 2 is 1.95 bits per heavy atom. The van der Waals surface area contributed by atoms with Crippen LogP contribution in [-0.2, 0) is 18.5 Å². The molecular formula is C13H13CaNO4S2. The quantitative estimate of drug-likeness (QED) is 0.453. The fourth-order valence-electron chi connectivity index (χ4n) is 1.45. The van der Waals surface area contributed by atoms with Crippen LogP contribution in [0.5, 0.6) is 0 Å². The van der Waals surface area contributed by atoms with Crippen LogP contribution in [0.4, 0.5) is 0 Å². The van der Waals surface area contributed by atoms with Gasteiger partial charge in [0.05, 0.1) is 29.7 Å². The number of para-hydroxylation sites is 1. The van der Waals surface area contributed by atoms with Crippen molar-refractivity contribution >= 4 is 83.3 Å². The molecule has 0 aliphatic rings. The molecule has 8 heteroatoms. The molecule has 0 aliphatic carbocycles. The summed E-state index contributed by atoms with van der Waals surface area (Å²) in [6.07, 6.45) is 0.0454. The third kappa shape index (κ3) is 6.12. The minimum Gasteiger partial charge on any atom is -0.466 e. The number of ether oxygens (including phenoxy) is 1. The zero-order valence-corrected chi connectivity index (χ0v) is 15.4. The van der Waals surface area contributed by atoms with Crippen molar-refractivity contribution in [2.24, 2.45) is 0 Å². The number of fused-ring (bicyclic) bond motifs is 1. The van der Waals surface area contributed by atoms with E-state index in [4.69, 9.17) is 8.92 Å². The van der Waals surface area contributed by atoms with E-state index < -0.39 is 11.9 Å². The van der Waals surface area contributed by atoms with Gasteiger partial charge in [-0.1, -0.05) is 12.1 Å². The Labute approximate surface area is 160 Å². The number of carbonyl (C=O) groups excluding carboxylic acids is 2. The summed E-state index contributed by atoms with van der Waals surface area (Å²) in [7, 11) is 0. The number of rotatable bonds is 6. The molecule has 108 valence electrons. The van der Waals surface area contributed by atoms with Gasteiger partial charge in [-0.05, 0) is 19.1 Å². The van der Waals surface area contributed by atoms with E-state index in [2.05, 4.69) is 4.98 Å². The van der Waals surface area contributed by atoms with E-state index >= 15 is 0 Å². The van der Waals surface area contributed by atoms with Crippen molar-refractivity contribution in [3.05, 3.63) is 24.3 Å². The Balaban J connectivity index is 0.00000220. The summed E-state index contributed by atoms with van der Waals surface area (Å²) in [6, 6.07) is 7.69. The third-order valence-electron chi connectivity index (χ3n) is 2.32. The second kappa shape index (κ2) is 9.63. The second-order valence-electron chi connectivity index (χ2n) is 3.79. The Morgan fingerprint density at radius 1 is 1.24 bits per heavy atom. The zero-order chi connectivity index (χ0) is 14.4. The number of benzene rings is 1. The summed E-state index contributed by atoms with van der Waals surface area (Å²) in [5, 5.41) is 0. The standard InChI is InChI=1S/C13H13NO4S2.Ca/c1-2-17-11(15)7-8-12(16)18-20-13-14-9-5-3-4-6-10(9)19-13;/h3-6H,2,7-8H2,1H3;. The first-order valence-electron chi connectivity index (χ1n) is 6.07. The van der Waals surface area contributed by atoms with Gasteiger partial charge in [0, 0.05) is 37.7 Å². The van der Waals surface area contributed by atoms with Gasteiger partial charge in [0.2, 0.25) is 0 Å². The number of esters is 1. The van der Waals surface area contributed by atoms with Crippen molar-refractivity contribution in [2.75, 3.05) is 6.61 Å². The molecule has 0 saturated carbocycles. The molecule has 1 aromatic heterocycles. The van der Waals surface area contributed by atoms with Crippen LogP contribution in [0, 0.1) is 0 Å². The topological polar surface area (TPSA) is 65.5 Å². The maximum Gasteiger partial charge on any atom is 0.318 e. The summed E-state index contributed by atoms with van der Waals surface area (Å²) in [5.41, 5.74) is 0.877. The molecule has 21 heavy (non-hydrogen) atoms. The van der Waals surface area contributed by atoms with Crippen molar-refractivity contribution in [1.29, 1.82) is 0 Å². The van der Waals surface area contributed by atoms with Crippen LogP contribution in [0.3, 0.4) is 0 Å². The zero-order valence-electron chi connectivity index (χ0n) is 11.5. The number of thiazole rings is 1. The molecule has 0 bridgehead atoms. The average Bonchev–Trinajstić information content (AvgIpc) is 2.86. The minimum absolute atomic E-state index is 0. The van der Waals surface area contributed by atoms with E-state index in [9.17, 15) is 9.59 Å². The first-order valence-corrected chi connectivity index (χ1v) is 7.63. The maximum absolute atomic E-state index is 11.5. The summed E-state index contributed by atoms with van der Waals surface area (Å²) in [5.74, 6) is -0.850. The van der Waals surface area contributed by atoms with E-state index in [1.165, 1.54) is 11.3 Å². The molecule has 1 aromatic carbocycles. The van der Waals surface area contributed by atoms with E-state index in [1.807, 2.05) is 24.3 Å². The average molecular weight is 351 g/mol. The number of hydrogen-bond donors (Lipinski definition) is 0. The van der Waals surface area contributed by atoms with Crippen molar-refractivity contribution < 1.29 is 18.5 Å². The molecule has 5 nitrogen and oxygen atoms in total. The molecule has 0 amide bonds. The van der Waals surface area contributed by atoms with Gasteiger partial charge < -0.3 is 8.92 Å². The smallest absolute Gasteiger partial charge is 0.318 e. The Hall–Kier alpha value is -0.340. The van der Waals surface area contributed by atoms with Gasteiger partial charge in [-0.15, -0.1) is 11.3 Å². The third-order valence-corrected chi connectivity index (χ3v) is 4.11. The van der Waals surface area contributed by atoms with Crippen molar-refractivity contribution in [1.82, 2.24) is 4.98 Å². The first-order chi connectivity index (χ1) is 9.69. The number of hydrogen-bond acceptors (Lipinski definition) is 7. The van der Waals surface area contributed by atoms with Crippen LogP contribution in [0.2, 0.25) is 0 Å².